The molecule has 0 saturated carbocycles. The van der Waals surface area contributed by atoms with E-state index in [1.165, 1.54) is 11.6 Å². The lowest BCUT2D eigenvalue weighted by Gasteiger charge is -2.11. The Morgan fingerprint density at radius 3 is 3.08 bits per heavy atom. The van der Waals surface area contributed by atoms with Crippen LogP contribution < -0.4 is 0 Å². The minimum absolute atomic E-state index is 0.258. The fourth-order valence-corrected chi connectivity index (χ4v) is 1.44. The van der Waals surface area contributed by atoms with Gasteiger partial charge in [0.25, 0.3) is 0 Å². The number of esters is 1. The van der Waals surface area contributed by atoms with E-state index < -0.39 is 0 Å². The Bertz CT molecular complexity index is 295. The van der Waals surface area contributed by atoms with Crippen molar-refractivity contribution in [1.82, 2.24) is 0 Å². The van der Waals surface area contributed by atoms with E-state index in [0.717, 1.165) is 25.0 Å². The van der Waals surface area contributed by atoms with E-state index in [4.69, 9.17) is 4.74 Å². The van der Waals surface area contributed by atoms with Crippen LogP contribution in [0.25, 0.3) is 0 Å². The largest absolute Gasteiger partial charge is 0.423 e. The van der Waals surface area contributed by atoms with Crippen LogP contribution in [-0.4, -0.2) is 5.97 Å². The predicted molar refractivity (Wildman–Crippen MR) is 45.2 cm³/mol. The molecule has 0 N–H and O–H groups in total. The van der Waals surface area contributed by atoms with Crippen molar-refractivity contribution < 1.29 is 9.53 Å². The van der Waals surface area contributed by atoms with Gasteiger partial charge in [-0.1, -0.05) is 12.2 Å². The molecule has 2 aliphatic rings. The van der Waals surface area contributed by atoms with Crippen molar-refractivity contribution >= 4 is 5.97 Å². The Hall–Kier alpha value is -1.31. The SMILES string of the molecule is O=C1C=CCC2=C(C=CCC2)O1. The van der Waals surface area contributed by atoms with Crippen LogP contribution in [0.1, 0.15) is 19.3 Å². The van der Waals surface area contributed by atoms with Crippen LogP contribution in [0, 0.1) is 0 Å². The van der Waals surface area contributed by atoms with E-state index in [2.05, 4.69) is 0 Å². The van der Waals surface area contributed by atoms with Gasteiger partial charge in [0.15, 0.2) is 0 Å². The van der Waals surface area contributed by atoms with E-state index in [1.54, 1.807) is 0 Å². The third-order valence-corrected chi connectivity index (χ3v) is 2.06. The van der Waals surface area contributed by atoms with E-state index in [0.29, 0.717) is 0 Å². The molecule has 0 saturated heterocycles. The molecule has 0 fully saturated rings. The molecule has 0 spiro atoms. The zero-order chi connectivity index (χ0) is 8.39. The quantitative estimate of drug-likeness (QED) is 0.510. The van der Waals surface area contributed by atoms with Crippen molar-refractivity contribution in [2.75, 3.05) is 0 Å². The first-order chi connectivity index (χ1) is 5.86. The van der Waals surface area contributed by atoms with Crippen LogP contribution in [0.3, 0.4) is 0 Å². The Labute approximate surface area is 71.2 Å². The molecule has 0 aromatic rings. The summed E-state index contributed by atoms with van der Waals surface area (Å²) in [6.07, 6.45) is 10.2. The fourth-order valence-electron chi connectivity index (χ4n) is 1.44. The monoisotopic (exact) mass is 162 g/mol. The van der Waals surface area contributed by atoms with Gasteiger partial charge < -0.3 is 4.74 Å². The highest BCUT2D eigenvalue weighted by atomic mass is 16.5. The van der Waals surface area contributed by atoms with Gasteiger partial charge in [0.1, 0.15) is 5.76 Å². The molecule has 2 heteroatoms. The Balaban J connectivity index is 2.30. The van der Waals surface area contributed by atoms with E-state index >= 15 is 0 Å². The van der Waals surface area contributed by atoms with Crippen LogP contribution in [0.5, 0.6) is 0 Å². The summed E-state index contributed by atoms with van der Waals surface area (Å²) in [6.45, 7) is 0. The second kappa shape index (κ2) is 2.97. The molecule has 0 amide bonds. The van der Waals surface area contributed by atoms with Crippen LogP contribution in [0.2, 0.25) is 0 Å². The van der Waals surface area contributed by atoms with Gasteiger partial charge in [-0.15, -0.1) is 0 Å². The molecule has 12 heavy (non-hydrogen) atoms. The number of allylic oxidation sites excluding steroid dienone is 4. The molecule has 62 valence electrons. The first kappa shape index (κ1) is 7.35. The lowest BCUT2D eigenvalue weighted by atomic mass is 10.0. The van der Waals surface area contributed by atoms with Gasteiger partial charge in [-0.05, 0) is 30.9 Å². The minimum Gasteiger partial charge on any atom is -0.423 e. The van der Waals surface area contributed by atoms with Crippen LogP contribution in [0.15, 0.2) is 35.6 Å². The van der Waals surface area contributed by atoms with Crippen LogP contribution in [-0.2, 0) is 9.53 Å². The summed E-state index contributed by atoms with van der Waals surface area (Å²) in [5.41, 5.74) is 1.24. The smallest absolute Gasteiger partial charge is 0.335 e. The Morgan fingerprint density at radius 1 is 1.25 bits per heavy atom. The molecule has 0 aromatic heterocycles. The lowest BCUT2D eigenvalue weighted by Crippen LogP contribution is -2.01. The molecule has 2 nitrogen and oxygen atoms in total. The molecule has 0 atom stereocenters. The molecule has 0 bridgehead atoms. The van der Waals surface area contributed by atoms with Gasteiger partial charge in [0, 0.05) is 6.08 Å². The third-order valence-electron chi connectivity index (χ3n) is 2.06. The van der Waals surface area contributed by atoms with E-state index in [-0.39, 0.29) is 5.97 Å². The Kier molecular flexibility index (Phi) is 1.82. The molecular weight excluding hydrogens is 152 g/mol. The van der Waals surface area contributed by atoms with Crippen molar-refractivity contribution in [2.24, 2.45) is 0 Å². The van der Waals surface area contributed by atoms with E-state index in [9.17, 15) is 4.79 Å². The maximum atomic E-state index is 11.0. The van der Waals surface area contributed by atoms with Gasteiger partial charge in [-0.25, -0.2) is 4.79 Å². The molecule has 1 heterocycles. The van der Waals surface area contributed by atoms with Crippen LogP contribution >= 0.6 is 0 Å². The maximum absolute atomic E-state index is 11.0. The average molecular weight is 162 g/mol. The molecule has 1 aliphatic heterocycles. The van der Waals surface area contributed by atoms with Crippen molar-refractivity contribution in [2.45, 2.75) is 19.3 Å². The number of hydrogen-bond donors (Lipinski definition) is 0. The highest BCUT2D eigenvalue weighted by molar-refractivity contribution is 5.83. The molecule has 0 radical (unpaired) electrons. The first-order valence-corrected chi connectivity index (χ1v) is 4.13. The highest BCUT2D eigenvalue weighted by Crippen LogP contribution is 2.24. The van der Waals surface area contributed by atoms with Crippen molar-refractivity contribution in [3.8, 4) is 0 Å². The topological polar surface area (TPSA) is 26.3 Å². The van der Waals surface area contributed by atoms with Gasteiger partial charge in [-0.3, -0.25) is 0 Å². The normalized spacial score (nSPS) is 21.8. The summed E-state index contributed by atoms with van der Waals surface area (Å²) < 4.78 is 5.08. The van der Waals surface area contributed by atoms with Crippen LogP contribution in [0.4, 0.5) is 0 Å². The minimum atomic E-state index is -0.258. The number of carbonyl (C=O) groups excluding carboxylic acids is 1. The van der Waals surface area contributed by atoms with Gasteiger partial charge >= 0.3 is 5.97 Å². The second-order valence-electron chi connectivity index (χ2n) is 2.94. The lowest BCUT2D eigenvalue weighted by molar-refractivity contribution is -0.133. The standard InChI is InChI=1S/C10H10O2/c11-10-7-3-5-8-4-1-2-6-9(8)12-10/h2-3,6-7H,1,4-5H2. The molecular formula is C10H10O2. The summed E-state index contributed by atoms with van der Waals surface area (Å²) in [7, 11) is 0. The molecule has 2 rings (SSSR count). The summed E-state index contributed by atoms with van der Waals surface area (Å²) in [5, 5.41) is 0. The average Bonchev–Trinajstić information content (AvgIpc) is 2.25. The molecule has 0 unspecified atom stereocenters. The fraction of sp³-hybridized carbons (Fsp3) is 0.300. The van der Waals surface area contributed by atoms with E-state index in [1.807, 2.05) is 18.2 Å². The van der Waals surface area contributed by atoms with Gasteiger partial charge in [0.2, 0.25) is 0 Å². The highest BCUT2D eigenvalue weighted by Gasteiger charge is 2.13. The van der Waals surface area contributed by atoms with Crippen molar-refractivity contribution in [1.29, 1.82) is 0 Å². The second-order valence-corrected chi connectivity index (χ2v) is 2.94. The number of ether oxygens (including phenoxy) is 1. The first-order valence-electron chi connectivity index (χ1n) is 4.13. The van der Waals surface area contributed by atoms with Crippen molar-refractivity contribution in [3.63, 3.8) is 0 Å². The molecule has 0 aromatic carbocycles. The summed E-state index contributed by atoms with van der Waals surface area (Å²) in [4.78, 5) is 11.0. The number of carbonyl (C=O) groups is 1. The zero-order valence-corrected chi connectivity index (χ0v) is 6.75. The summed E-state index contributed by atoms with van der Waals surface area (Å²) in [5.74, 6) is 0.503. The van der Waals surface area contributed by atoms with Gasteiger partial charge in [-0.2, -0.15) is 0 Å². The maximum Gasteiger partial charge on any atom is 0.335 e. The summed E-state index contributed by atoms with van der Waals surface area (Å²) in [6, 6.07) is 0. The Morgan fingerprint density at radius 2 is 2.17 bits per heavy atom. The zero-order valence-electron chi connectivity index (χ0n) is 6.75. The summed E-state index contributed by atoms with van der Waals surface area (Å²) >= 11 is 0. The van der Waals surface area contributed by atoms with Gasteiger partial charge in [0.05, 0.1) is 0 Å². The number of rotatable bonds is 0. The predicted octanol–water partition coefficient (Wildman–Crippen LogP) is 2.09. The molecule has 1 aliphatic carbocycles. The number of hydrogen-bond acceptors (Lipinski definition) is 2. The van der Waals surface area contributed by atoms with Crippen molar-refractivity contribution in [3.05, 3.63) is 35.6 Å². The third kappa shape index (κ3) is 1.33.